The number of ether oxygens (including phenoxy) is 2. The van der Waals surface area contributed by atoms with Gasteiger partial charge in [0.1, 0.15) is 17.1 Å². The summed E-state index contributed by atoms with van der Waals surface area (Å²) < 4.78 is 11.6. The molecule has 0 spiro atoms. The third-order valence-corrected chi connectivity index (χ3v) is 8.13. The van der Waals surface area contributed by atoms with Gasteiger partial charge < -0.3 is 24.6 Å². The fourth-order valence-electron chi connectivity index (χ4n) is 6.44. The number of hydrogen-bond acceptors (Lipinski definition) is 10. The lowest BCUT2D eigenvalue weighted by Gasteiger charge is -2.51. The number of aliphatic hydroxyl groups is 2. The second-order valence-corrected chi connectivity index (χ2v) is 11.3. The van der Waals surface area contributed by atoms with Gasteiger partial charge in [0.05, 0.1) is 18.2 Å². The summed E-state index contributed by atoms with van der Waals surface area (Å²) >= 11 is 0. The fraction of sp³-hybridized carbons (Fsp3) is 0.533. The SMILES string of the molecule is CCCCOc1ccc(N(C)C)c2c1C(=O)C1=C(OC(C)=O)[C@]3(O)C(O)=C(C(C)=O)C(=O)C(N(C)C)[C@@H]3C[C@@H]1C2. The van der Waals surface area contributed by atoms with Gasteiger partial charge in [0, 0.05) is 38.2 Å². The Labute approximate surface area is 234 Å². The Hall–Kier alpha value is -3.50. The highest BCUT2D eigenvalue weighted by Crippen LogP contribution is 2.55. The molecule has 4 atom stereocenters. The quantitative estimate of drug-likeness (QED) is 0.281. The summed E-state index contributed by atoms with van der Waals surface area (Å²) in [6, 6.07) is 2.62. The highest BCUT2D eigenvalue weighted by Gasteiger charge is 2.63. The molecule has 0 heterocycles. The minimum atomic E-state index is -2.45. The van der Waals surface area contributed by atoms with Gasteiger partial charge in [-0.3, -0.25) is 24.1 Å². The number of allylic oxidation sites excluding steroid dienone is 1. The second-order valence-electron chi connectivity index (χ2n) is 11.3. The smallest absolute Gasteiger partial charge is 0.307 e. The summed E-state index contributed by atoms with van der Waals surface area (Å²) in [5.74, 6) is -5.14. The van der Waals surface area contributed by atoms with Gasteiger partial charge in [0.15, 0.2) is 28.7 Å². The zero-order valence-corrected chi connectivity index (χ0v) is 24.2. The van der Waals surface area contributed by atoms with E-state index >= 15 is 0 Å². The van der Waals surface area contributed by atoms with Gasteiger partial charge in [0.25, 0.3) is 0 Å². The molecule has 1 aromatic carbocycles. The van der Waals surface area contributed by atoms with Gasteiger partial charge in [0.2, 0.25) is 0 Å². The number of rotatable bonds is 8. The maximum absolute atomic E-state index is 14.4. The van der Waals surface area contributed by atoms with Gasteiger partial charge in [-0.25, -0.2) is 0 Å². The van der Waals surface area contributed by atoms with E-state index in [4.69, 9.17) is 9.47 Å². The predicted molar refractivity (Wildman–Crippen MR) is 147 cm³/mol. The van der Waals surface area contributed by atoms with Crippen molar-refractivity contribution in [3.8, 4) is 5.75 Å². The van der Waals surface area contributed by atoms with Crippen LogP contribution in [0.5, 0.6) is 5.75 Å². The molecule has 0 aromatic heterocycles. The Morgan fingerprint density at radius 1 is 1.12 bits per heavy atom. The molecule has 40 heavy (non-hydrogen) atoms. The van der Waals surface area contributed by atoms with E-state index in [0.717, 1.165) is 37.9 Å². The molecule has 0 aliphatic heterocycles. The zero-order chi connectivity index (χ0) is 29.7. The first-order valence-corrected chi connectivity index (χ1v) is 13.6. The van der Waals surface area contributed by atoms with Crippen LogP contribution >= 0.6 is 0 Å². The van der Waals surface area contributed by atoms with Crippen molar-refractivity contribution in [1.82, 2.24) is 4.90 Å². The van der Waals surface area contributed by atoms with Gasteiger partial charge in [-0.1, -0.05) is 13.3 Å². The second kappa shape index (κ2) is 10.8. The van der Waals surface area contributed by atoms with E-state index in [1.807, 2.05) is 32.0 Å². The van der Waals surface area contributed by atoms with Crippen molar-refractivity contribution < 1.29 is 38.9 Å². The molecule has 10 nitrogen and oxygen atoms in total. The number of carbonyl (C=O) groups excluding carboxylic acids is 4. The maximum atomic E-state index is 14.4. The number of Topliss-reactive ketones (excluding diaryl/α,β-unsaturated/α-hetero) is 3. The molecular weight excluding hydrogens is 516 g/mol. The number of ketones is 3. The van der Waals surface area contributed by atoms with E-state index in [0.29, 0.717) is 24.3 Å². The number of likely N-dealkylation sites (N-methyl/N-ethyl adjacent to an activating group) is 1. The van der Waals surface area contributed by atoms with Crippen molar-refractivity contribution in [3.05, 3.63) is 45.9 Å². The normalized spacial score (nSPS) is 25.9. The molecule has 4 rings (SSSR count). The molecule has 1 aromatic rings. The van der Waals surface area contributed by atoms with Crippen molar-refractivity contribution in [2.45, 2.75) is 58.1 Å². The zero-order valence-electron chi connectivity index (χ0n) is 24.2. The summed E-state index contributed by atoms with van der Waals surface area (Å²) in [4.78, 5) is 56.3. The van der Waals surface area contributed by atoms with E-state index in [9.17, 15) is 29.4 Å². The van der Waals surface area contributed by atoms with Gasteiger partial charge in [-0.2, -0.15) is 0 Å². The number of esters is 1. The Morgan fingerprint density at radius 2 is 1.80 bits per heavy atom. The standard InChI is InChI=1S/C30H38N2O8/c1-8-9-12-39-21-11-10-20(31(4)5)18-13-17-14-19-25(32(6)7)27(36)22(15(2)33)28(37)30(19,38)29(40-16(3)34)23(17)26(35)24(18)21/h10-11,17,19,25,37-38H,8-9,12-14H2,1-7H3/t17-,19-,25?,30+/m0/s1. The molecule has 3 aliphatic carbocycles. The number of hydrogen-bond donors (Lipinski definition) is 2. The summed E-state index contributed by atoms with van der Waals surface area (Å²) in [6.07, 6.45) is 2.17. The summed E-state index contributed by atoms with van der Waals surface area (Å²) in [5, 5.41) is 23.6. The molecule has 0 saturated carbocycles. The lowest BCUT2D eigenvalue weighted by molar-refractivity contribution is -0.148. The first-order valence-electron chi connectivity index (χ1n) is 13.6. The maximum Gasteiger partial charge on any atom is 0.307 e. The van der Waals surface area contributed by atoms with Gasteiger partial charge in [-0.15, -0.1) is 0 Å². The van der Waals surface area contributed by atoms with Crippen LogP contribution in [0.4, 0.5) is 5.69 Å². The van der Waals surface area contributed by atoms with Crippen LogP contribution in [0.3, 0.4) is 0 Å². The van der Waals surface area contributed by atoms with Crippen molar-refractivity contribution >= 4 is 29.0 Å². The highest BCUT2D eigenvalue weighted by atomic mass is 16.6. The first kappa shape index (κ1) is 29.5. The van der Waals surface area contributed by atoms with Crippen molar-refractivity contribution in [3.63, 3.8) is 0 Å². The van der Waals surface area contributed by atoms with Crippen LogP contribution in [0, 0.1) is 11.8 Å². The number of fused-ring (bicyclic) bond motifs is 3. The molecule has 0 radical (unpaired) electrons. The monoisotopic (exact) mass is 554 g/mol. The van der Waals surface area contributed by atoms with Crippen LogP contribution in [0.15, 0.2) is 34.8 Å². The van der Waals surface area contributed by atoms with E-state index in [-0.39, 0.29) is 12.0 Å². The highest BCUT2D eigenvalue weighted by molar-refractivity contribution is 6.23. The van der Waals surface area contributed by atoms with E-state index in [1.54, 1.807) is 25.1 Å². The minimum absolute atomic E-state index is 0.0407. The predicted octanol–water partition coefficient (Wildman–Crippen LogP) is 2.77. The fourth-order valence-corrected chi connectivity index (χ4v) is 6.44. The minimum Gasteiger partial charge on any atom is -0.508 e. The van der Waals surface area contributed by atoms with Gasteiger partial charge >= 0.3 is 5.97 Å². The van der Waals surface area contributed by atoms with Crippen LogP contribution in [0.25, 0.3) is 0 Å². The van der Waals surface area contributed by atoms with Crippen LogP contribution in [0.1, 0.15) is 56.0 Å². The van der Waals surface area contributed by atoms with E-state index in [1.165, 1.54) is 0 Å². The third-order valence-electron chi connectivity index (χ3n) is 8.13. The average molecular weight is 555 g/mol. The lowest BCUT2D eigenvalue weighted by Crippen LogP contribution is -2.62. The molecule has 3 aliphatic rings. The van der Waals surface area contributed by atoms with Gasteiger partial charge in [-0.05, 0) is 63.9 Å². The van der Waals surface area contributed by atoms with Crippen molar-refractivity contribution in [2.24, 2.45) is 11.8 Å². The Balaban J connectivity index is 2.04. The molecule has 0 bridgehead atoms. The van der Waals surface area contributed by atoms with Crippen LogP contribution in [0.2, 0.25) is 0 Å². The van der Waals surface area contributed by atoms with E-state index < -0.39 is 63.9 Å². The Morgan fingerprint density at radius 3 is 2.35 bits per heavy atom. The third kappa shape index (κ3) is 4.53. The first-order chi connectivity index (χ1) is 18.8. The molecular formula is C30H38N2O8. The lowest BCUT2D eigenvalue weighted by atomic mass is 9.58. The molecule has 2 N–H and O–H groups in total. The van der Waals surface area contributed by atoms with Crippen LogP contribution in [-0.2, 0) is 25.5 Å². The Bertz CT molecular complexity index is 1340. The summed E-state index contributed by atoms with van der Waals surface area (Å²) in [5.41, 5.74) is -1.07. The summed E-state index contributed by atoms with van der Waals surface area (Å²) in [7, 11) is 7.03. The number of aliphatic hydroxyl groups excluding tert-OH is 1. The van der Waals surface area contributed by atoms with Crippen molar-refractivity contribution in [1.29, 1.82) is 0 Å². The number of nitrogens with zero attached hydrogens (tertiary/aromatic N) is 2. The van der Waals surface area contributed by atoms with Crippen molar-refractivity contribution in [2.75, 3.05) is 39.7 Å². The Kier molecular flexibility index (Phi) is 7.97. The number of anilines is 1. The number of carbonyl (C=O) groups is 4. The van der Waals surface area contributed by atoms with Crippen LogP contribution in [-0.4, -0.2) is 84.9 Å². The molecule has 0 saturated heterocycles. The average Bonchev–Trinajstić information content (AvgIpc) is 2.85. The molecule has 1 unspecified atom stereocenters. The largest absolute Gasteiger partial charge is 0.508 e. The number of benzene rings is 1. The molecule has 10 heteroatoms. The number of unbranched alkanes of at least 4 members (excludes halogenated alkanes) is 1. The summed E-state index contributed by atoms with van der Waals surface area (Å²) in [6.45, 7) is 4.68. The van der Waals surface area contributed by atoms with Crippen LogP contribution < -0.4 is 9.64 Å². The molecule has 0 amide bonds. The topological polar surface area (TPSA) is 134 Å². The molecule has 216 valence electrons. The van der Waals surface area contributed by atoms with E-state index in [2.05, 4.69) is 0 Å². The molecule has 0 fully saturated rings.